The largest absolute Gasteiger partial charge is 0.493 e. The highest BCUT2D eigenvalue weighted by molar-refractivity contribution is 9.10. The van der Waals surface area contributed by atoms with Crippen molar-refractivity contribution in [3.63, 3.8) is 0 Å². The van der Waals surface area contributed by atoms with E-state index in [1.54, 1.807) is 6.92 Å². The molecule has 0 aliphatic carbocycles. The minimum absolute atomic E-state index is 0.502. The van der Waals surface area contributed by atoms with Crippen LogP contribution in [-0.2, 0) is 0 Å². The van der Waals surface area contributed by atoms with E-state index in [2.05, 4.69) is 22.9 Å². The van der Waals surface area contributed by atoms with E-state index < -0.39 is 6.10 Å². The summed E-state index contributed by atoms with van der Waals surface area (Å²) >= 11 is 3.41. The first-order valence-corrected chi connectivity index (χ1v) is 7.54. The topological polar surface area (TPSA) is 29.5 Å². The maximum absolute atomic E-state index is 9.70. The standard InChI is InChI=1S/C15H23BrO2/c1-3-4-5-6-7-10-18-15-9-8-13(16)11-14(15)12(2)17/h8-9,11-12,17H,3-7,10H2,1-2H3/t12-/m1/s1. The molecule has 0 saturated carbocycles. The molecule has 0 fully saturated rings. The molecule has 0 saturated heterocycles. The summed E-state index contributed by atoms with van der Waals surface area (Å²) in [4.78, 5) is 0. The Morgan fingerprint density at radius 2 is 1.94 bits per heavy atom. The van der Waals surface area contributed by atoms with Crippen LogP contribution >= 0.6 is 15.9 Å². The molecule has 102 valence electrons. The molecule has 0 spiro atoms. The van der Waals surface area contributed by atoms with Gasteiger partial charge in [-0.3, -0.25) is 0 Å². The first kappa shape index (κ1) is 15.5. The van der Waals surface area contributed by atoms with Crippen LogP contribution in [0, 0.1) is 0 Å². The molecule has 3 heteroatoms. The lowest BCUT2D eigenvalue weighted by atomic mass is 10.1. The maximum atomic E-state index is 9.70. The van der Waals surface area contributed by atoms with E-state index in [0.717, 1.165) is 28.8 Å². The van der Waals surface area contributed by atoms with E-state index in [0.29, 0.717) is 0 Å². The predicted octanol–water partition coefficient (Wildman–Crippen LogP) is 4.85. The number of hydrogen-bond acceptors (Lipinski definition) is 2. The Kier molecular flexibility index (Phi) is 7.36. The van der Waals surface area contributed by atoms with Gasteiger partial charge in [0.25, 0.3) is 0 Å². The molecule has 0 amide bonds. The van der Waals surface area contributed by atoms with Crippen LogP contribution in [0.5, 0.6) is 5.75 Å². The van der Waals surface area contributed by atoms with E-state index in [4.69, 9.17) is 4.74 Å². The van der Waals surface area contributed by atoms with Gasteiger partial charge in [0.15, 0.2) is 0 Å². The van der Waals surface area contributed by atoms with Gasteiger partial charge in [-0.2, -0.15) is 0 Å². The van der Waals surface area contributed by atoms with Crippen LogP contribution in [0.4, 0.5) is 0 Å². The third-order valence-corrected chi connectivity index (χ3v) is 3.42. The third kappa shape index (κ3) is 5.40. The number of unbranched alkanes of at least 4 members (excludes halogenated alkanes) is 4. The Balaban J connectivity index is 2.42. The van der Waals surface area contributed by atoms with Crippen molar-refractivity contribution >= 4 is 15.9 Å². The van der Waals surface area contributed by atoms with Gasteiger partial charge in [0.05, 0.1) is 12.7 Å². The van der Waals surface area contributed by atoms with Crippen molar-refractivity contribution in [2.24, 2.45) is 0 Å². The zero-order valence-electron chi connectivity index (χ0n) is 11.3. The highest BCUT2D eigenvalue weighted by Crippen LogP contribution is 2.28. The van der Waals surface area contributed by atoms with Gasteiger partial charge in [0.1, 0.15) is 5.75 Å². The normalized spacial score (nSPS) is 12.4. The molecule has 1 atom stereocenters. The fraction of sp³-hybridized carbons (Fsp3) is 0.600. The molecule has 0 aliphatic rings. The van der Waals surface area contributed by atoms with Crippen molar-refractivity contribution in [1.82, 2.24) is 0 Å². The lowest BCUT2D eigenvalue weighted by molar-refractivity contribution is 0.190. The summed E-state index contributed by atoms with van der Waals surface area (Å²) in [5.41, 5.74) is 0.845. The second-order valence-electron chi connectivity index (χ2n) is 4.62. The summed E-state index contributed by atoms with van der Waals surface area (Å²) in [5, 5.41) is 9.70. The molecule has 2 nitrogen and oxygen atoms in total. The predicted molar refractivity (Wildman–Crippen MR) is 79.0 cm³/mol. The van der Waals surface area contributed by atoms with Crippen LogP contribution in [0.2, 0.25) is 0 Å². The molecule has 0 heterocycles. The Bertz CT molecular complexity index is 350. The second-order valence-corrected chi connectivity index (χ2v) is 5.54. The average Bonchev–Trinajstić information content (AvgIpc) is 2.35. The van der Waals surface area contributed by atoms with Crippen molar-refractivity contribution in [2.75, 3.05) is 6.61 Å². The average molecular weight is 315 g/mol. The van der Waals surface area contributed by atoms with Gasteiger partial charge in [0, 0.05) is 10.0 Å². The number of rotatable bonds is 8. The third-order valence-electron chi connectivity index (χ3n) is 2.93. The number of halogens is 1. The van der Waals surface area contributed by atoms with Gasteiger partial charge in [-0.15, -0.1) is 0 Å². The molecule has 1 aromatic rings. The van der Waals surface area contributed by atoms with Gasteiger partial charge < -0.3 is 9.84 Å². The molecule has 1 rings (SSSR count). The SMILES string of the molecule is CCCCCCCOc1ccc(Br)cc1[C@@H](C)O. The van der Waals surface area contributed by atoms with Gasteiger partial charge in [-0.1, -0.05) is 48.5 Å². The van der Waals surface area contributed by atoms with Crippen LogP contribution in [0.25, 0.3) is 0 Å². The fourth-order valence-corrected chi connectivity index (χ4v) is 2.24. The van der Waals surface area contributed by atoms with Crippen LogP contribution in [0.3, 0.4) is 0 Å². The van der Waals surface area contributed by atoms with E-state index in [9.17, 15) is 5.11 Å². The minimum Gasteiger partial charge on any atom is -0.493 e. The highest BCUT2D eigenvalue weighted by Gasteiger charge is 2.09. The molecule has 18 heavy (non-hydrogen) atoms. The second kappa shape index (κ2) is 8.54. The lowest BCUT2D eigenvalue weighted by Crippen LogP contribution is -2.02. The summed E-state index contributed by atoms with van der Waals surface area (Å²) in [7, 11) is 0. The fourth-order valence-electron chi connectivity index (χ4n) is 1.86. The van der Waals surface area contributed by atoms with Gasteiger partial charge in [-0.25, -0.2) is 0 Å². The molecule has 0 unspecified atom stereocenters. The summed E-state index contributed by atoms with van der Waals surface area (Å²) in [5.74, 6) is 0.795. The van der Waals surface area contributed by atoms with Gasteiger partial charge in [-0.05, 0) is 31.5 Å². The monoisotopic (exact) mass is 314 g/mol. The van der Waals surface area contributed by atoms with Gasteiger partial charge in [0.2, 0.25) is 0 Å². The molecule has 1 N–H and O–H groups in total. The first-order valence-electron chi connectivity index (χ1n) is 6.75. The smallest absolute Gasteiger partial charge is 0.125 e. The Morgan fingerprint density at radius 1 is 1.22 bits per heavy atom. The van der Waals surface area contributed by atoms with Crippen molar-refractivity contribution in [3.05, 3.63) is 28.2 Å². The summed E-state index contributed by atoms with van der Waals surface area (Å²) in [6.07, 6.45) is 5.64. The quantitative estimate of drug-likeness (QED) is 0.695. The number of ether oxygens (including phenoxy) is 1. The van der Waals surface area contributed by atoms with Crippen molar-refractivity contribution in [2.45, 2.75) is 52.1 Å². The minimum atomic E-state index is -0.502. The molecule has 0 aromatic heterocycles. The van der Waals surface area contributed by atoms with E-state index in [1.807, 2.05) is 18.2 Å². The van der Waals surface area contributed by atoms with Crippen LogP contribution in [0.15, 0.2) is 22.7 Å². The number of benzene rings is 1. The molecular weight excluding hydrogens is 292 g/mol. The molecule has 0 radical (unpaired) electrons. The van der Waals surface area contributed by atoms with Gasteiger partial charge >= 0.3 is 0 Å². The van der Waals surface area contributed by atoms with Crippen molar-refractivity contribution in [3.8, 4) is 5.75 Å². The highest BCUT2D eigenvalue weighted by atomic mass is 79.9. The van der Waals surface area contributed by atoms with Crippen molar-refractivity contribution < 1.29 is 9.84 Å². The summed E-state index contributed by atoms with van der Waals surface area (Å²) < 4.78 is 6.72. The van der Waals surface area contributed by atoms with Crippen LogP contribution in [0.1, 0.15) is 57.6 Å². The first-order chi connectivity index (χ1) is 8.65. The van der Waals surface area contributed by atoms with Crippen LogP contribution in [-0.4, -0.2) is 11.7 Å². The Hall–Kier alpha value is -0.540. The van der Waals surface area contributed by atoms with Crippen molar-refractivity contribution in [1.29, 1.82) is 0 Å². The molecule has 0 aliphatic heterocycles. The zero-order valence-corrected chi connectivity index (χ0v) is 12.9. The molecule has 1 aromatic carbocycles. The van der Waals surface area contributed by atoms with Crippen LogP contribution < -0.4 is 4.74 Å². The van der Waals surface area contributed by atoms with E-state index in [1.165, 1.54) is 25.7 Å². The maximum Gasteiger partial charge on any atom is 0.125 e. The Labute approximate surface area is 118 Å². The summed E-state index contributed by atoms with van der Waals surface area (Å²) in [6, 6.07) is 5.77. The van der Waals surface area contributed by atoms with E-state index in [-0.39, 0.29) is 0 Å². The summed E-state index contributed by atoms with van der Waals surface area (Å²) in [6.45, 7) is 4.70. The number of aliphatic hydroxyl groups excluding tert-OH is 1. The molecule has 0 bridgehead atoms. The number of aliphatic hydroxyl groups is 1. The lowest BCUT2D eigenvalue weighted by Gasteiger charge is -2.13. The van der Waals surface area contributed by atoms with E-state index >= 15 is 0 Å². The molecular formula is C15H23BrO2. The Morgan fingerprint density at radius 3 is 2.61 bits per heavy atom. The number of hydrogen-bond donors (Lipinski definition) is 1. The zero-order chi connectivity index (χ0) is 13.4.